The molecule has 27 nitrogen and oxygen atoms in total. The minimum absolute atomic E-state index is 0.0500. The van der Waals surface area contributed by atoms with Gasteiger partial charge in [-0.15, -0.1) is 0 Å². The van der Waals surface area contributed by atoms with Crippen LogP contribution in [0.15, 0.2) is 29.3 Å². The molecule has 2 rings (SSSR count). The molecular formula is C42H64N12O15S2. The van der Waals surface area contributed by atoms with E-state index in [2.05, 4.69) is 52.8 Å². The summed E-state index contributed by atoms with van der Waals surface area (Å²) < 4.78 is 4.74. The predicted octanol–water partition coefficient (Wildman–Crippen LogP) is -5.81. The first-order valence-corrected chi connectivity index (χ1v) is 24.6. The zero-order chi connectivity index (χ0) is 53.4. The first-order valence-electron chi connectivity index (χ1n) is 22.1. The van der Waals surface area contributed by atoms with Crippen LogP contribution in [0.5, 0.6) is 5.75 Å². The maximum atomic E-state index is 14.1. The van der Waals surface area contributed by atoms with E-state index in [9.17, 15) is 68.1 Å². The number of amides is 9. The number of aldehydes is 1. The number of phenolic OH excluding ortho intramolecular Hbond substituents is 1. The Kier molecular flexibility index (Phi) is 26.2. The Bertz CT molecular complexity index is 2080. The normalized spacial score (nSPS) is 21.4. The number of aliphatic imine (C=N–C) groups is 1. The number of hydrogen-bond donors (Lipinski definition) is 14. The molecule has 1 fully saturated rings. The van der Waals surface area contributed by atoms with Gasteiger partial charge >= 0.3 is 5.97 Å². The van der Waals surface area contributed by atoms with Crippen molar-refractivity contribution in [3.8, 4) is 5.75 Å². The van der Waals surface area contributed by atoms with Crippen molar-refractivity contribution in [2.45, 2.75) is 108 Å². The summed E-state index contributed by atoms with van der Waals surface area (Å²) in [4.78, 5) is 148. The van der Waals surface area contributed by atoms with Gasteiger partial charge in [0.1, 0.15) is 60.7 Å². The lowest BCUT2D eigenvalue weighted by Crippen LogP contribution is -2.62. The summed E-state index contributed by atoms with van der Waals surface area (Å²) in [7, 11) is 1.90. The summed E-state index contributed by atoms with van der Waals surface area (Å²) in [5.74, 6) is -10.7. The number of nitrogens with one attached hydrogen (secondary N) is 9. The number of esters is 1. The number of carbonyl (C=O) groups excluding carboxylic acids is 11. The van der Waals surface area contributed by atoms with Crippen LogP contribution in [0, 0.1) is 5.92 Å². The highest BCUT2D eigenvalue weighted by Gasteiger charge is 2.36. The molecule has 0 unspecified atom stereocenters. The number of aliphatic hydroxyl groups excluding tert-OH is 2. The van der Waals surface area contributed by atoms with Crippen molar-refractivity contribution in [3.05, 3.63) is 29.8 Å². The van der Waals surface area contributed by atoms with Gasteiger partial charge in [0.2, 0.25) is 53.2 Å². The van der Waals surface area contributed by atoms with E-state index in [1.807, 2.05) is 0 Å². The number of carbonyl (C=O) groups is 11. The third-order valence-corrected chi connectivity index (χ3v) is 12.5. The van der Waals surface area contributed by atoms with Crippen LogP contribution >= 0.6 is 21.6 Å². The molecule has 0 saturated carbocycles. The van der Waals surface area contributed by atoms with Crippen molar-refractivity contribution in [1.82, 2.24) is 47.9 Å². The van der Waals surface area contributed by atoms with Gasteiger partial charge in [-0.25, -0.2) is 4.79 Å². The Morgan fingerprint density at radius 3 is 2.10 bits per heavy atom. The van der Waals surface area contributed by atoms with Crippen LogP contribution in [0.4, 0.5) is 0 Å². The summed E-state index contributed by atoms with van der Waals surface area (Å²) in [6.45, 7) is 4.37. The molecule has 1 saturated heterocycles. The summed E-state index contributed by atoms with van der Waals surface area (Å²) >= 11 is 0. The Morgan fingerprint density at radius 2 is 1.51 bits per heavy atom. The van der Waals surface area contributed by atoms with Gasteiger partial charge in [0.05, 0.1) is 19.3 Å². The van der Waals surface area contributed by atoms with E-state index in [1.54, 1.807) is 13.8 Å². The van der Waals surface area contributed by atoms with E-state index < -0.39 is 139 Å². The molecule has 1 aromatic rings. The van der Waals surface area contributed by atoms with Crippen molar-refractivity contribution in [2.75, 3.05) is 37.8 Å². The Balaban J connectivity index is 2.49. The van der Waals surface area contributed by atoms with Crippen LogP contribution < -0.4 is 59.3 Å². The number of guanidine groups is 1. The van der Waals surface area contributed by atoms with E-state index in [4.69, 9.17) is 16.2 Å². The lowest BCUT2D eigenvalue weighted by atomic mass is 10.0. The fourth-order valence-electron chi connectivity index (χ4n) is 6.28. The smallest absolute Gasteiger partial charge is 0.328 e. The molecule has 9 atom stereocenters. The van der Waals surface area contributed by atoms with E-state index in [-0.39, 0.29) is 49.0 Å². The quantitative estimate of drug-likeness (QED) is 0.0153. The molecule has 71 heavy (non-hydrogen) atoms. The topological polar surface area (TPSA) is 430 Å². The van der Waals surface area contributed by atoms with Gasteiger partial charge in [-0.3, -0.25) is 52.9 Å². The molecule has 0 spiro atoms. The van der Waals surface area contributed by atoms with Crippen LogP contribution in [-0.4, -0.2) is 179 Å². The third-order valence-electron chi connectivity index (χ3n) is 10.0. The van der Waals surface area contributed by atoms with Gasteiger partial charge < -0.3 is 79.4 Å². The van der Waals surface area contributed by atoms with Crippen molar-refractivity contribution < 1.29 is 72.8 Å². The largest absolute Gasteiger partial charge is 0.508 e. The maximum Gasteiger partial charge on any atom is 0.328 e. The molecule has 0 aliphatic carbocycles. The highest BCUT2D eigenvalue weighted by Crippen LogP contribution is 2.24. The number of phenols is 1. The molecule has 394 valence electrons. The molecule has 0 bridgehead atoms. The SMILES string of the molecule is CC(=O)N[C@H]1CSSC[C@@H](C(=O)N[C@H](C(=O)N[C@@H](CCCN=C(N)N)C(=O)N[C@@H](C)C(=O)OCC=O)C(C)C)NC(=O)CNC(=O)[C@H](CO)NC(=O)[C@H]([C@@H](C)O)NC(=O)[C@H](Cc2ccc(O)cc2)NC1=O. The molecule has 1 aliphatic heterocycles. The standard InChI is InChI=1S/C42H64N12O15S2/c1-20(2)32(39(66)50-26(7-6-12-45-42(43)44)35(62)47-21(3)41(68)69-14-13-55)53-38(65)30-19-71-70-18-29(48-23(5)58)37(64)51-27(15-24-8-10-25(59)11-9-24)36(63)54-33(22(4)57)40(67)52-28(17-56)34(61)46-16-31(60)49-30/h8-11,13,20-22,26-30,32-33,56-57,59H,6-7,12,14-19H2,1-5H3,(H,46,61)(H,47,62)(H,48,58)(H,49,60)(H,50,66)(H,51,64)(H,52,67)(H,53,65)(H,54,63)(H4,43,44,45)/t21-,22+,26-,27-,28-,29-,30-,32-,33-/m0/s1. The van der Waals surface area contributed by atoms with Gasteiger partial charge in [-0.1, -0.05) is 47.6 Å². The summed E-state index contributed by atoms with van der Waals surface area (Å²) in [5.41, 5.74) is 11.2. The Morgan fingerprint density at radius 1 is 0.859 bits per heavy atom. The van der Waals surface area contributed by atoms with Crippen LogP contribution in [0.2, 0.25) is 0 Å². The number of hydrogen-bond acceptors (Lipinski definition) is 18. The Hall–Kier alpha value is -6.72. The molecule has 0 radical (unpaired) electrons. The fraction of sp³-hybridized carbons (Fsp3) is 0.571. The second-order valence-electron chi connectivity index (χ2n) is 16.3. The molecule has 1 aromatic carbocycles. The highest BCUT2D eigenvalue weighted by molar-refractivity contribution is 8.76. The predicted molar refractivity (Wildman–Crippen MR) is 257 cm³/mol. The second-order valence-corrected chi connectivity index (χ2v) is 18.9. The Labute approximate surface area is 416 Å². The number of nitrogens with two attached hydrogens (primary N) is 2. The molecule has 9 amide bonds. The summed E-state index contributed by atoms with van der Waals surface area (Å²) in [6.07, 6.45) is -1.39. The van der Waals surface area contributed by atoms with E-state index in [1.165, 1.54) is 31.2 Å². The monoisotopic (exact) mass is 1040 g/mol. The van der Waals surface area contributed by atoms with Gasteiger partial charge in [0, 0.05) is 31.4 Å². The fourth-order valence-corrected chi connectivity index (χ4v) is 8.61. The van der Waals surface area contributed by atoms with Crippen molar-refractivity contribution in [3.63, 3.8) is 0 Å². The van der Waals surface area contributed by atoms with E-state index in [0.717, 1.165) is 35.4 Å². The summed E-state index contributed by atoms with van der Waals surface area (Å²) in [6, 6.07) is -6.14. The third kappa shape index (κ3) is 21.9. The molecule has 1 aliphatic rings. The number of rotatable bonds is 19. The highest BCUT2D eigenvalue weighted by atomic mass is 33.1. The average molecular weight is 1040 g/mol. The van der Waals surface area contributed by atoms with E-state index >= 15 is 0 Å². The summed E-state index contributed by atoms with van der Waals surface area (Å²) in [5, 5.41) is 52.2. The molecule has 1 heterocycles. The zero-order valence-electron chi connectivity index (χ0n) is 39.7. The van der Waals surface area contributed by atoms with Crippen molar-refractivity contribution in [1.29, 1.82) is 0 Å². The number of nitrogens with zero attached hydrogens (tertiary/aromatic N) is 1. The maximum absolute atomic E-state index is 14.1. The number of aromatic hydroxyl groups is 1. The van der Waals surface area contributed by atoms with Crippen LogP contribution in [0.25, 0.3) is 0 Å². The van der Waals surface area contributed by atoms with Gasteiger partial charge in [-0.05, 0) is 50.3 Å². The number of benzene rings is 1. The minimum atomic E-state index is -1.76. The van der Waals surface area contributed by atoms with Crippen LogP contribution in [0.1, 0.15) is 53.0 Å². The molecule has 16 N–H and O–H groups in total. The molecular weight excluding hydrogens is 977 g/mol. The van der Waals surface area contributed by atoms with Gasteiger partial charge in [0.25, 0.3) is 0 Å². The molecule has 0 aromatic heterocycles. The average Bonchev–Trinajstić information content (AvgIpc) is 3.30. The van der Waals surface area contributed by atoms with E-state index in [0.29, 0.717) is 11.8 Å². The first-order chi connectivity index (χ1) is 33.5. The van der Waals surface area contributed by atoms with Crippen LogP contribution in [-0.2, 0) is 63.9 Å². The molecule has 29 heteroatoms. The zero-order valence-corrected chi connectivity index (χ0v) is 41.3. The van der Waals surface area contributed by atoms with Crippen LogP contribution in [0.3, 0.4) is 0 Å². The number of ether oxygens (including phenoxy) is 1. The van der Waals surface area contributed by atoms with Gasteiger partial charge in [-0.2, -0.15) is 0 Å². The second kappa shape index (κ2) is 30.8. The van der Waals surface area contributed by atoms with Gasteiger partial charge in [0.15, 0.2) is 12.2 Å². The first kappa shape index (κ1) is 60.4. The lowest BCUT2D eigenvalue weighted by Gasteiger charge is -2.28. The number of aliphatic hydroxyl groups is 2. The lowest BCUT2D eigenvalue weighted by molar-refractivity contribution is -0.149. The van der Waals surface area contributed by atoms with Crippen molar-refractivity contribution in [2.24, 2.45) is 22.4 Å². The van der Waals surface area contributed by atoms with Crippen molar-refractivity contribution >= 4 is 93.0 Å². The minimum Gasteiger partial charge on any atom is -0.508 e.